The number of hydrogen-bond donors (Lipinski definition) is 0. The molecule has 0 bridgehead atoms. The van der Waals surface area contributed by atoms with Crippen molar-refractivity contribution in [1.29, 1.82) is 0 Å². The lowest BCUT2D eigenvalue weighted by atomic mass is 9.78. The minimum atomic E-state index is 0.316. The second-order valence-electron chi connectivity index (χ2n) is 5.14. The SMILES string of the molecule is CCc1ccc2c(c1)C(=O)C1=C(CCCC1)C2. The summed E-state index contributed by atoms with van der Waals surface area (Å²) in [5.41, 5.74) is 6.05. The van der Waals surface area contributed by atoms with Gasteiger partial charge in [-0.25, -0.2) is 0 Å². The number of rotatable bonds is 1. The Kier molecular flexibility index (Phi) is 2.62. The third-order valence-corrected chi connectivity index (χ3v) is 4.09. The van der Waals surface area contributed by atoms with Gasteiger partial charge in [-0.1, -0.05) is 24.6 Å². The molecule has 0 radical (unpaired) electrons. The fraction of sp³-hybridized carbons (Fsp3) is 0.438. The van der Waals surface area contributed by atoms with Crippen LogP contribution in [0.2, 0.25) is 0 Å². The predicted molar refractivity (Wildman–Crippen MR) is 69.3 cm³/mol. The largest absolute Gasteiger partial charge is 0.289 e. The molecule has 1 heteroatoms. The number of Topliss-reactive ketones (excluding diaryl/α,β-unsaturated/α-hetero) is 1. The van der Waals surface area contributed by atoms with Gasteiger partial charge < -0.3 is 0 Å². The van der Waals surface area contributed by atoms with Crippen LogP contribution in [0.1, 0.15) is 54.1 Å². The Morgan fingerprint density at radius 2 is 2.00 bits per heavy atom. The van der Waals surface area contributed by atoms with Crippen LogP contribution in [0.15, 0.2) is 29.3 Å². The van der Waals surface area contributed by atoms with Crippen LogP contribution in [-0.2, 0) is 12.8 Å². The Morgan fingerprint density at radius 3 is 2.82 bits per heavy atom. The first kappa shape index (κ1) is 10.8. The average Bonchev–Trinajstić information content (AvgIpc) is 2.39. The van der Waals surface area contributed by atoms with E-state index in [1.807, 2.05) is 0 Å². The molecule has 1 nitrogen and oxygen atoms in total. The third-order valence-electron chi connectivity index (χ3n) is 4.09. The van der Waals surface area contributed by atoms with Crippen LogP contribution < -0.4 is 0 Å². The monoisotopic (exact) mass is 226 g/mol. The van der Waals surface area contributed by atoms with E-state index in [0.29, 0.717) is 5.78 Å². The maximum atomic E-state index is 12.5. The Hall–Kier alpha value is -1.37. The Balaban J connectivity index is 2.07. The van der Waals surface area contributed by atoms with Gasteiger partial charge in [-0.15, -0.1) is 0 Å². The van der Waals surface area contributed by atoms with Gasteiger partial charge in [0.05, 0.1) is 0 Å². The van der Waals surface area contributed by atoms with Crippen molar-refractivity contribution in [2.45, 2.75) is 45.4 Å². The molecular weight excluding hydrogens is 208 g/mol. The first-order valence-corrected chi connectivity index (χ1v) is 6.67. The molecule has 88 valence electrons. The number of fused-ring (bicyclic) bond motifs is 1. The summed E-state index contributed by atoms with van der Waals surface area (Å²) in [7, 11) is 0. The highest BCUT2D eigenvalue weighted by atomic mass is 16.1. The van der Waals surface area contributed by atoms with Crippen LogP contribution in [-0.4, -0.2) is 5.78 Å². The number of carbonyl (C=O) groups excluding carboxylic acids is 1. The van der Waals surface area contributed by atoms with Gasteiger partial charge in [0.1, 0.15) is 0 Å². The lowest BCUT2D eigenvalue weighted by Crippen LogP contribution is -2.19. The van der Waals surface area contributed by atoms with Crippen molar-refractivity contribution in [3.05, 3.63) is 46.0 Å². The highest BCUT2D eigenvalue weighted by Crippen LogP contribution is 2.35. The molecule has 0 unspecified atom stereocenters. The summed E-state index contributed by atoms with van der Waals surface area (Å²) in [6.07, 6.45) is 6.61. The van der Waals surface area contributed by atoms with Gasteiger partial charge in [-0.3, -0.25) is 4.79 Å². The fourth-order valence-electron chi connectivity index (χ4n) is 3.04. The van der Waals surface area contributed by atoms with Gasteiger partial charge in [0, 0.05) is 5.56 Å². The molecule has 0 atom stereocenters. The van der Waals surface area contributed by atoms with E-state index in [9.17, 15) is 4.79 Å². The van der Waals surface area contributed by atoms with E-state index in [1.165, 1.54) is 29.5 Å². The van der Waals surface area contributed by atoms with Crippen molar-refractivity contribution < 1.29 is 4.79 Å². The summed E-state index contributed by atoms with van der Waals surface area (Å²) in [6, 6.07) is 6.43. The van der Waals surface area contributed by atoms with Gasteiger partial charge in [0.2, 0.25) is 0 Å². The number of benzene rings is 1. The molecule has 0 N–H and O–H groups in total. The van der Waals surface area contributed by atoms with Gasteiger partial charge in [0.25, 0.3) is 0 Å². The third kappa shape index (κ3) is 1.74. The molecule has 0 aromatic heterocycles. The van der Waals surface area contributed by atoms with Gasteiger partial charge in [0.15, 0.2) is 5.78 Å². The quantitative estimate of drug-likeness (QED) is 0.710. The summed E-state index contributed by atoms with van der Waals surface area (Å²) < 4.78 is 0. The topological polar surface area (TPSA) is 17.1 Å². The Bertz CT molecular complexity index is 508. The highest BCUT2D eigenvalue weighted by Gasteiger charge is 2.27. The zero-order chi connectivity index (χ0) is 11.8. The number of carbonyl (C=O) groups is 1. The zero-order valence-electron chi connectivity index (χ0n) is 10.4. The number of aryl methyl sites for hydroxylation is 1. The fourth-order valence-corrected chi connectivity index (χ4v) is 3.04. The Labute approximate surface area is 103 Å². The van der Waals surface area contributed by atoms with Crippen LogP contribution in [0, 0.1) is 0 Å². The van der Waals surface area contributed by atoms with Crippen LogP contribution >= 0.6 is 0 Å². The summed E-state index contributed by atoms with van der Waals surface area (Å²) >= 11 is 0. The van der Waals surface area contributed by atoms with Gasteiger partial charge >= 0.3 is 0 Å². The molecular formula is C16H18O. The first-order chi connectivity index (χ1) is 8.29. The van der Waals surface area contributed by atoms with Crippen LogP contribution in [0.4, 0.5) is 0 Å². The molecule has 17 heavy (non-hydrogen) atoms. The smallest absolute Gasteiger partial charge is 0.189 e. The maximum Gasteiger partial charge on any atom is 0.189 e. The molecule has 0 saturated carbocycles. The van der Waals surface area contributed by atoms with Crippen LogP contribution in [0.3, 0.4) is 0 Å². The molecule has 0 aliphatic heterocycles. The second kappa shape index (κ2) is 4.14. The molecule has 3 rings (SSSR count). The lowest BCUT2D eigenvalue weighted by molar-refractivity contribution is 0.102. The van der Waals surface area contributed by atoms with E-state index in [0.717, 1.165) is 36.8 Å². The van der Waals surface area contributed by atoms with Crippen molar-refractivity contribution in [2.75, 3.05) is 0 Å². The van der Waals surface area contributed by atoms with Crippen molar-refractivity contribution in [2.24, 2.45) is 0 Å². The van der Waals surface area contributed by atoms with Gasteiger partial charge in [-0.05, 0) is 61.3 Å². The molecule has 2 aliphatic carbocycles. The van der Waals surface area contributed by atoms with Crippen LogP contribution in [0.5, 0.6) is 0 Å². The maximum absolute atomic E-state index is 12.5. The normalized spacial score (nSPS) is 19.0. The predicted octanol–water partition coefficient (Wildman–Crippen LogP) is 3.86. The Morgan fingerprint density at radius 1 is 1.18 bits per heavy atom. The standard InChI is InChI=1S/C16H18O/c1-2-11-7-8-13-10-12-5-3-4-6-14(12)16(17)15(13)9-11/h7-9H,2-6,10H2,1H3. The van der Waals surface area contributed by atoms with Crippen LogP contribution in [0.25, 0.3) is 0 Å². The molecule has 0 saturated heterocycles. The highest BCUT2D eigenvalue weighted by molar-refractivity contribution is 6.11. The summed E-state index contributed by atoms with van der Waals surface area (Å²) in [4.78, 5) is 12.5. The van der Waals surface area contributed by atoms with Crippen molar-refractivity contribution >= 4 is 5.78 Å². The molecule has 2 aliphatic rings. The number of allylic oxidation sites excluding steroid dienone is 2. The lowest BCUT2D eigenvalue weighted by Gasteiger charge is -2.26. The van der Waals surface area contributed by atoms with E-state index in [-0.39, 0.29) is 0 Å². The number of ketones is 1. The van der Waals surface area contributed by atoms with Crippen molar-refractivity contribution in [1.82, 2.24) is 0 Å². The van der Waals surface area contributed by atoms with E-state index >= 15 is 0 Å². The average molecular weight is 226 g/mol. The first-order valence-electron chi connectivity index (χ1n) is 6.67. The second-order valence-corrected chi connectivity index (χ2v) is 5.14. The van der Waals surface area contributed by atoms with Crippen molar-refractivity contribution in [3.63, 3.8) is 0 Å². The van der Waals surface area contributed by atoms with Gasteiger partial charge in [-0.2, -0.15) is 0 Å². The molecule has 1 aromatic carbocycles. The summed E-state index contributed by atoms with van der Waals surface area (Å²) in [5, 5.41) is 0. The minimum Gasteiger partial charge on any atom is -0.289 e. The minimum absolute atomic E-state index is 0.316. The van der Waals surface area contributed by atoms with Crippen molar-refractivity contribution in [3.8, 4) is 0 Å². The van der Waals surface area contributed by atoms with E-state index in [4.69, 9.17) is 0 Å². The summed E-state index contributed by atoms with van der Waals surface area (Å²) in [5.74, 6) is 0.316. The molecule has 0 heterocycles. The van der Waals surface area contributed by atoms with E-state index < -0.39 is 0 Å². The molecule has 0 spiro atoms. The molecule has 0 amide bonds. The zero-order valence-corrected chi connectivity index (χ0v) is 10.4. The van der Waals surface area contributed by atoms with E-state index in [1.54, 1.807) is 0 Å². The number of hydrogen-bond acceptors (Lipinski definition) is 1. The molecule has 1 aromatic rings. The van der Waals surface area contributed by atoms with E-state index in [2.05, 4.69) is 25.1 Å². The summed E-state index contributed by atoms with van der Waals surface area (Å²) in [6.45, 7) is 2.14. The molecule has 0 fully saturated rings.